The summed E-state index contributed by atoms with van der Waals surface area (Å²) in [6.07, 6.45) is 6.91. The third-order valence-corrected chi connectivity index (χ3v) is 8.58. The van der Waals surface area contributed by atoms with Crippen LogP contribution < -0.4 is 15.0 Å². The van der Waals surface area contributed by atoms with Crippen LogP contribution in [0.2, 0.25) is 0 Å². The lowest BCUT2D eigenvalue weighted by Crippen LogP contribution is -2.63. The largest absolute Gasteiger partial charge is 0.451 e. The molecule has 0 aliphatic carbocycles. The van der Waals surface area contributed by atoms with Gasteiger partial charge in [0.1, 0.15) is 17.9 Å². The Bertz CT molecular complexity index is 1220. The number of ether oxygens (including phenoxy) is 1. The summed E-state index contributed by atoms with van der Waals surface area (Å²) in [6, 6.07) is 3.96. The number of aromatic nitrogens is 2. The molecule has 210 valence electrons. The van der Waals surface area contributed by atoms with Gasteiger partial charge in [-0.15, -0.1) is 0 Å². The van der Waals surface area contributed by atoms with E-state index >= 15 is 0 Å². The fourth-order valence-corrected chi connectivity index (χ4v) is 6.23. The summed E-state index contributed by atoms with van der Waals surface area (Å²) in [5.41, 5.74) is -0.116. The SMILES string of the molecule is CCN(C(=O)c1cc(F)ccc1Oc1cncnc1N1CC2(CCN(C(=O)[C@@]3(C)CCCN3)CC2)C1)C(C)C. The van der Waals surface area contributed by atoms with Crippen molar-refractivity contribution in [3.8, 4) is 11.5 Å². The highest BCUT2D eigenvalue weighted by Crippen LogP contribution is 2.45. The fraction of sp³-hybridized carbons (Fsp3) is 0.586. The molecule has 1 aromatic heterocycles. The van der Waals surface area contributed by atoms with E-state index in [-0.39, 0.29) is 34.6 Å². The Labute approximate surface area is 229 Å². The Morgan fingerprint density at radius 2 is 1.92 bits per heavy atom. The molecule has 2 aromatic rings. The first kappa shape index (κ1) is 27.3. The normalized spacial score (nSPS) is 22.2. The van der Waals surface area contributed by atoms with Crippen LogP contribution in [-0.2, 0) is 4.79 Å². The predicted octanol–water partition coefficient (Wildman–Crippen LogP) is 3.85. The lowest BCUT2D eigenvalue weighted by molar-refractivity contribution is -0.139. The van der Waals surface area contributed by atoms with Gasteiger partial charge in [0, 0.05) is 44.2 Å². The zero-order chi connectivity index (χ0) is 27.8. The van der Waals surface area contributed by atoms with Crippen LogP contribution in [0.5, 0.6) is 11.5 Å². The van der Waals surface area contributed by atoms with Gasteiger partial charge in [-0.3, -0.25) is 9.59 Å². The molecule has 39 heavy (non-hydrogen) atoms. The molecule has 3 saturated heterocycles. The average Bonchev–Trinajstić information content (AvgIpc) is 3.36. The van der Waals surface area contributed by atoms with E-state index in [0.717, 1.165) is 58.4 Å². The number of piperidine rings is 1. The molecule has 0 bridgehead atoms. The quantitative estimate of drug-likeness (QED) is 0.573. The minimum absolute atomic E-state index is 0.0366. The maximum absolute atomic E-state index is 14.2. The molecule has 1 N–H and O–H groups in total. The molecule has 3 aliphatic rings. The molecule has 1 spiro atoms. The number of anilines is 1. The number of hydrogen-bond donors (Lipinski definition) is 1. The Balaban J connectivity index is 1.27. The molecule has 0 radical (unpaired) electrons. The van der Waals surface area contributed by atoms with Crippen LogP contribution in [0.25, 0.3) is 0 Å². The highest BCUT2D eigenvalue weighted by Gasteiger charge is 2.48. The molecule has 0 unspecified atom stereocenters. The van der Waals surface area contributed by atoms with Gasteiger partial charge in [-0.1, -0.05) is 0 Å². The first-order valence-corrected chi connectivity index (χ1v) is 14.0. The monoisotopic (exact) mass is 538 g/mol. The van der Waals surface area contributed by atoms with Gasteiger partial charge in [0.25, 0.3) is 5.91 Å². The summed E-state index contributed by atoms with van der Waals surface area (Å²) in [5, 5.41) is 3.39. The van der Waals surface area contributed by atoms with Crippen molar-refractivity contribution in [2.45, 2.75) is 65.0 Å². The molecule has 10 heteroatoms. The summed E-state index contributed by atoms with van der Waals surface area (Å²) in [7, 11) is 0. The first-order chi connectivity index (χ1) is 18.6. The third-order valence-electron chi connectivity index (χ3n) is 8.58. The Kier molecular flexibility index (Phi) is 7.50. The second-order valence-electron chi connectivity index (χ2n) is 11.6. The van der Waals surface area contributed by atoms with Crippen LogP contribution in [0.1, 0.15) is 63.7 Å². The highest BCUT2D eigenvalue weighted by molar-refractivity contribution is 5.97. The molecule has 4 heterocycles. The van der Waals surface area contributed by atoms with Crippen LogP contribution in [-0.4, -0.2) is 82.4 Å². The van der Waals surface area contributed by atoms with Crippen LogP contribution >= 0.6 is 0 Å². The summed E-state index contributed by atoms with van der Waals surface area (Å²) in [4.78, 5) is 40.9. The van der Waals surface area contributed by atoms with Gasteiger partial charge in [0.05, 0.1) is 17.3 Å². The van der Waals surface area contributed by atoms with Crippen molar-refractivity contribution in [3.05, 3.63) is 42.1 Å². The van der Waals surface area contributed by atoms with Gasteiger partial charge in [-0.25, -0.2) is 14.4 Å². The molecule has 5 rings (SSSR count). The Morgan fingerprint density at radius 3 is 2.56 bits per heavy atom. The molecule has 2 amide bonds. The second-order valence-corrected chi connectivity index (χ2v) is 11.6. The number of hydrogen-bond acceptors (Lipinski definition) is 7. The molecule has 0 saturated carbocycles. The highest BCUT2D eigenvalue weighted by atomic mass is 19.1. The molecular formula is C29H39FN6O3. The molecule has 3 fully saturated rings. The van der Waals surface area contributed by atoms with E-state index in [1.165, 1.54) is 24.5 Å². The minimum Gasteiger partial charge on any atom is -0.451 e. The number of halogens is 1. The summed E-state index contributed by atoms with van der Waals surface area (Å²) in [5.74, 6) is 0.784. The zero-order valence-corrected chi connectivity index (χ0v) is 23.4. The van der Waals surface area contributed by atoms with Crippen molar-refractivity contribution in [2.75, 3.05) is 44.2 Å². The standard InChI is InChI=1S/C29H39FN6O3/c1-5-36(20(2)3)26(37)22-15-21(30)7-8-23(22)39-24-16-31-19-32-25(24)35-17-29(18-35)10-13-34(14-11-29)27(38)28(4)9-6-12-33-28/h7-8,15-16,19-20,33H,5-6,9-14,17-18H2,1-4H3/t28-/m1/s1. The zero-order valence-electron chi connectivity index (χ0n) is 23.4. The number of rotatable bonds is 7. The topological polar surface area (TPSA) is 90.9 Å². The van der Waals surface area contributed by atoms with Gasteiger partial charge in [0.2, 0.25) is 5.91 Å². The lowest BCUT2D eigenvalue weighted by Gasteiger charge is -2.55. The second kappa shape index (κ2) is 10.7. The summed E-state index contributed by atoms with van der Waals surface area (Å²) in [6.45, 7) is 12.3. The van der Waals surface area contributed by atoms with Crippen molar-refractivity contribution < 1.29 is 18.7 Å². The van der Waals surface area contributed by atoms with Crippen molar-refractivity contribution >= 4 is 17.6 Å². The van der Waals surface area contributed by atoms with Crippen molar-refractivity contribution in [2.24, 2.45) is 5.41 Å². The molecule has 3 aliphatic heterocycles. The van der Waals surface area contributed by atoms with Crippen LogP contribution in [0.3, 0.4) is 0 Å². The van der Waals surface area contributed by atoms with E-state index in [2.05, 4.69) is 20.2 Å². The number of carbonyl (C=O) groups is 2. The van der Waals surface area contributed by atoms with E-state index < -0.39 is 11.4 Å². The number of nitrogens with zero attached hydrogens (tertiary/aromatic N) is 5. The van der Waals surface area contributed by atoms with Crippen LogP contribution in [0, 0.1) is 11.2 Å². The number of nitrogens with one attached hydrogen (secondary N) is 1. The molecular weight excluding hydrogens is 499 g/mol. The van der Waals surface area contributed by atoms with E-state index in [0.29, 0.717) is 18.1 Å². The van der Waals surface area contributed by atoms with Crippen LogP contribution in [0.4, 0.5) is 10.2 Å². The van der Waals surface area contributed by atoms with Gasteiger partial charge >= 0.3 is 0 Å². The summed E-state index contributed by atoms with van der Waals surface area (Å²) < 4.78 is 20.4. The number of carbonyl (C=O) groups excluding carboxylic acids is 2. The van der Waals surface area contributed by atoms with Crippen molar-refractivity contribution in [3.63, 3.8) is 0 Å². The maximum Gasteiger partial charge on any atom is 0.257 e. The smallest absolute Gasteiger partial charge is 0.257 e. The third kappa shape index (κ3) is 5.31. The van der Waals surface area contributed by atoms with Crippen molar-refractivity contribution in [1.29, 1.82) is 0 Å². The van der Waals surface area contributed by atoms with Gasteiger partial charge in [-0.05, 0) is 78.1 Å². The minimum atomic E-state index is -0.498. The van der Waals surface area contributed by atoms with E-state index in [9.17, 15) is 14.0 Å². The predicted molar refractivity (Wildman–Crippen MR) is 146 cm³/mol. The Morgan fingerprint density at radius 1 is 1.18 bits per heavy atom. The van der Waals surface area contributed by atoms with Gasteiger partial charge < -0.3 is 24.8 Å². The van der Waals surface area contributed by atoms with Crippen molar-refractivity contribution in [1.82, 2.24) is 25.1 Å². The van der Waals surface area contributed by atoms with Gasteiger partial charge in [-0.2, -0.15) is 0 Å². The maximum atomic E-state index is 14.2. The van der Waals surface area contributed by atoms with Crippen LogP contribution in [0.15, 0.2) is 30.7 Å². The fourth-order valence-electron chi connectivity index (χ4n) is 6.23. The molecule has 1 atom stereocenters. The number of amides is 2. The molecule has 1 aromatic carbocycles. The van der Waals surface area contributed by atoms with E-state index in [1.54, 1.807) is 11.1 Å². The van der Waals surface area contributed by atoms with E-state index in [1.807, 2.05) is 32.6 Å². The van der Waals surface area contributed by atoms with E-state index in [4.69, 9.17) is 4.74 Å². The first-order valence-electron chi connectivity index (χ1n) is 14.0. The Hall–Kier alpha value is -3.27. The number of likely N-dealkylation sites (tertiary alicyclic amines) is 1. The molecule has 9 nitrogen and oxygen atoms in total. The number of benzene rings is 1. The summed E-state index contributed by atoms with van der Waals surface area (Å²) >= 11 is 0. The lowest BCUT2D eigenvalue weighted by atomic mass is 9.71. The average molecular weight is 539 g/mol. The van der Waals surface area contributed by atoms with Gasteiger partial charge in [0.15, 0.2) is 11.6 Å².